The van der Waals surface area contributed by atoms with Gasteiger partial charge >= 0.3 is 0 Å². The molecule has 0 saturated heterocycles. The van der Waals surface area contributed by atoms with Crippen molar-refractivity contribution in [3.63, 3.8) is 0 Å². The molecule has 2 aromatic carbocycles. The van der Waals surface area contributed by atoms with E-state index in [-0.39, 0.29) is 9.52 Å². The monoisotopic (exact) mass is 197 g/mol. The predicted molar refractivity (Wildman–Crippen MR) is 59.4 cm³/mol. The Hall–Kier alpha value is -1.54. The molecule has 1 radical (unpaired) electrons. The minimum absolute atomic E-state index is 0.200. The molecule has 0 amide bonds. The van der Waals surface area contributed by atoms with Crippen molar-refractivity contribution in [1.82, 2.24) is 0 Å². The summed E-state index contributed by atoms with van der Waals surface area (Å²) in [4.78, 5) is 0. The highest BCUT2D eigenvalue weighted by Gasteiger charge is 2.15. The average Bonchev–Trinajstić information content (AvgIpc) is 2.26. The molecular weight excluding hydrogens is 188 g/mol. The standard InChI is InChI=1S/C12H9OSi/c1-3-7-11-9(5-1)13-10-6-2-4-8-12(10)14-11/h1-8,14H. The summed E-state index contributed by atoms with van der Waals surface area (Å²) in [6, 6.07) is 16.6. The lowest BCUT2D eigenvalue weighted by Crippen LogP contribution is -2.33. The van der Waals surface area contributed by atoms with E-state index in [9.17, 15) is 0 Å². The maximum atomic E-state index is 5.80. The minimum Gasteiger partial charge on any atom is -0.458 e. The van der Waals surface area contributed by atoms with E-state index in [0.717, 1.165) is 11.5 Å². The first-order chi connectivity index (χ1) is 6.93. The summed E-state index contributed by atoms with van der Waals surface area (Å²) < 4.78 is 5.80. The predicted octanol–water partition coefficient (Wildman–Crippen LogP) is 1.18. The van der Waals surface area contributed by atoms with Crippen LogP contribution in [0.15, 0.2) is 48.5 Å². The van der Waals surface area contributed by atoms with Crippen molar-refractivity contribution in [1.29, 1.82) is 0 Å². The lowest BCUT2D eigenvalue weighted by molar-refractivity contribution is 0.488. The van der Waals surface area contributed by atoms with Gasteiger partial charge in [-0.1, -0.05) is 36.4 Å². The van der Waals surface area contributed by atoms with Crippen molar-refractivity contribution in [3.8, 4) is 11.5 Å². The highest BCUT2D eigenvalue weighted by Crippen LogP contribution is 2.20. The second-order valence-electron chi connectivity index (χ2n) is 3.32. The maximum absolute atomic E-state index is 5.80. The van der Waals surface area contributed by atoms with Gasteiger partial charge in [0, 0.05) is 0 Å². The number of benzene rings is 2. The molecule has 67 valence electrons. The SMILES string of the molecule is c1ccc2c(c1)Oc1ccccc1[SiH]2. The van der Waals surface area contributed by atoms with Crippen LogP contribution < -0.4 is 15.1 Å². The molecule has 0 unspecified atom stereocenters. The van der Waals surface area contributed by atoms with Crippen molar-refractivity contribution in [3.05, 3.63) is 48.5 Å². The molecule has 2 heteroatoms. The molecular formula is C12H9OSi. The van der Waals surface area contributed by atoms with Gasteiger partial charge in [-0.3, -0.25) is 0 Å². The van der Waals surface area contributed by atoms with Gasteiger partial charge in [0.05, 0.1) is 0 Å². The van der Waals surface area contributed by atoms with Crippen molar-refractivity contribution in [2.75, 3.05) is 0 Å². The quantitative estimate of drug-likeness (QED) is 0.492. The van der Waals surface area contributed by atoms with E-state index in [1.165, 1.54) is 10.4 Å². The third-order valence-corrected chi connectivity index (χ3v) is 3.94. The van der Waals surface area contributed by atoms with Gasteiger partial charge in [0.2, 0.25) is 0 Å². The molecule has 3 rings (SSSR count). The van der Waals surface area contributed by atoms with Crippen LogP contribution in [0.2, 0.25) is 0 Å². The molecule has 2 aromatic rings. The second kappa shape index (κ2) is 2.99. The van der Waals surface area contributed by atoms with Crippen LogP contribution in [-0.4, -0.2) is 9.52 Å². The smallest absolute Gasteiger partial charge is 0.126 e. The van der Waals surface area contributed by atoms with E-state index >= 15 is 0 Å². The molecule has 0 saturated carbocycles. The number of fused-ring (bicyclic) bond motifs is 2. The van der Waals surface area contributed by atoms with Crippen molar-refractivity contribution in [2.45, 2.75) is 0 Å². The topological polar surface area (TPSA) is 9.23 Å². The number of hydrogen-bond donors (Lipinski definition) is 0. The maximum Gasteiger partial charge on any atom is 0.126 e. The largest absolute Gasteiger partial charge is 0.458 e. The van der Waals surface area contributed by atoms with Crippen LogP contribution in [0.4, 0.5) is 0 Å². The van der Waals surface area contributed by atoms with Crippen LogP contribution in [0.5, 0.6) is 11.5 Å². The van der Waals surface area contributed by atoms with Crippen molar-refractivity contribution in [2.24, 2.45) is 0 Å². The molecule has 0 spiro atoms. The zero-order valence-electron chi connectivity index (χ0n) is 7.60. The Morgan fingerprint density at radius 1 is 0.714 bits per heavy atom. The first kappa shape index (κ1) is 7.82. The van der Waals surface area contributed by atoms with Gasteiger partial charge in [0.1, 0.15) is 21.0 Å². The van der Waals surface area contributed by atoms with Gasteiger partial charge in [-0.2, -0.15) is 0 Å². The number of hydrogen-bond acceptors (Lipinski definition) is 1. The normalized spacial score (nSPS) is 12.6. The summed E-state index contributed by atoms with van der Waals surface area (Å²) in [5.74, 6) is 2.06. The fourth-order valence-corrected chi connectivity index (χ4v) is 3.02. The zero-order valence-corrected chi connectivity index (χ0v) is 8.76. The average molecular weight is 197 g/mol. The molecule has 1 aliphatic heterocycles. The Labute approximate surface area is 85.2 Å². The van der Waals surface area contributed by atoms with Crippen LogP contribution in [0.3, 0.4) is 0 Å². The highest BCUT2D eigenvalue weighted by atomic mass is 28.2. The van der Waals surface area contributed by atoms with Crippen LogP contribution in [0, 0.1) is 0 Å². The van der Waals surface area contributed by atoms with Crippen molar-refractivity contribution >= 4 is 19.9 Å². The molecule has 14 heavy (non-hydrogen) atoms. The summed E-state index contributed by atoms with van der Waals surface area (Å²) in [7, 11) is 0.200. The fraction of sp³-hybridized carbons (Fsp3) is 0. The molecule has 0 bridgehead atoms. The van der Waals surface area contributed by atoms with Crippen LogP contribution in [0.25, 0.3) is 0 Å². The lowest BCUT2D eigenvalue weighted by Gasteiger charge is -2.18. The van der Waals surface area contributed by atoms with Gasteiger partial charge in [0.15, 0.2) is 0 Å². The van der Waals surface area contributed by atoms with Crippen LogP contribution in [-0.2, 0) is 0 Å². The Bertz CT molecular complexity index is 392. The number of para-hydroxylation sites is 2. The number of ether oxygens (including phenoxy) is 1. The van der Waals surface area contributed by atoms with Crippen LogP contribution >= 0.6 is 0 Å². The van der Waals surface area contributed by atoms with E-state index in [1.807, 2.05) is 24.3 Å². The third kappa shape index (κ3) is 1.15. The van der Waals surface area contributed by atoms with E-state index < -0.39 is 0 Å². The molecule has 1 aliphatic rings. The van der Waals surface area contributed by atoms with Crippen molar-refractivity contribution < 1.29 is 4.74 Å². The molecule has 0 aromatic heterocycles. The first-order valence-electron chi connectivity index (χ1n) is 4.64. The molecule has 0 fully saturated rings. The molecule has 0 N–H and O–H groups in total. The van der Waals surface area contributed by atoms with E-state index in [4.69, 9.17) is 4.74 Å². The van der Waals surface area contributed by atoms with E-state index in [2.05, 4.69) is 24.3 Å². The fourth-order valence-electron chi connectivity index (χ4n) is 1.67. The van der Waals surface area contributed by atoms with E-state index in [0.29, 0.717) is 0 Å². The number of rotatable bonds is 0. The molecule has 0 atom stereocenters. The Balaban J connectivity index is 2.12. The third-order valence-electron chi connectivity index (χ3n) is 2.37. The molecule has 0 aliphatic carbocycles. The Morgan fingerprint density at radius 2 is 1.21 bits per heavy atom. The summed E-state index contributed by atoms with van der Waals surface area (Å²) in [6.07, 6.45) is 0. The highest BCUT2D eigenvalue weighted by molar-refractivity contribution is 6.69. The summed E-state index contributed by atoms with van der Waals surface area (Å²) in [6.45, 7) is 0. The Morgan fingerprint density at radius 3 is 1.79 bits per heavy atom. The van der Waals surface area contributed by atoms with Gasteiger partial charge in [-0.15, -0.1) is 0 Å². The first-order valence-corrected chi connectivity index (χ1v) is 5.79. The molecule has 1 nitrogen and oxygen atoms in total. The zero-order chi connectivity index (χ0) is 9.38. The van der Waals surface area contributed by atoms with Gasteiger partial charge in [-0.05, 0) is 22.5 Å². The Kier molecular flexibility index (Phi) is 1.67. The summed E-state index contributed by atoms with van der Waals surface area (Å²) >= 11 is 0. The van der Waals surface area contributed by atoms with Crippen LogP contribution in [0.1, 0.15) is 0 Å². The van der Waals surface area contributed by atoms with Gasteiger partial charge < -0.3 is 4.74 Å². The summed E-state index contributed by atoms with van der Waals surface area (Å²) in [5, 5.41) is 2.71. The van der Waals surface area contributed by atoms with Gasteiger partial charge in [0.25, 0.3) is 0 Å². The lowest BCUT2D eigenvalue weighted by atomic mass is 10.3. The van der Waals surface area contributed by atoms with E-state index in [1.54, 1.807) is 0 Å². The van der Waals surface area contributed by atoms with Gasteiger partial charge in [-0.25, -0.2) is 0 Å². The second-order valence-corrected chi connectivity index (χ2v) is 4.85. The molecule has 1 heterocycles. The minimum atomic E-state index is 0.200. The summed E-state index contributed by atoms with van der Waals surface area (Å²) in [5.41, 5.74) is 0.